The molecular formula is C28H29F4N5O4. The van der Waals surface area contributed by atoms with Crippen LogP contribution < -0.4 is 25.4 Å². The molecule has 13 heteroatoms. The summed E-state index contributed by atoms with van der Waals surface area (Å²) >= 11 is 0. The second-order valence-electron chi connectivity index (χ2n) is 10.4. The number of anilines is 2. The van der Waals surface area contributed by atoms with Crippen LogP contribution in [0, 0.1) is 11.2 Å². The van der Waals surface area contributed by atoms with Crippen molar-refractivity contribution in [2.45, 2.75) is 37.6 Å². The summed E-state index contributed by atoms with van der Waals surface area (Å²) in [6, 6.07) is 10.5. The Morgan fingerprint density at radius 3 is 2.49 bits per heavy atom. The molecule has 218 valence electrons. The minimum absolute atomic E-state index is 0.0217. The highest BCUT2D eigenvalue weighted by Crippen LogP contribution is 2.42. The molecule has 2 fully saturated rings. The number of hydrogen-bond donors (Lipinski definition) is 3. The third-order valence-electron chi connectivity index (χ3n) is 7.76. The average molecular weight is 576 g/mol. The lowest BCUT2D eigenvalue weighted by Crippen LogP contribution is -2.41. The lowest BCUT2D eigenvalue weighted by atomic mass is 9.76. The molecule has 5 rings (SSSR count). The maximum Gasteiger partial charge on any atom is 0.429 e. The number of nitrogens with zero attached hydrogens (tertiary/aromatic N) is 3. The monoisotopic (exact) mass is 575 g/mol. The molecule has 0 aliphatic carbocycles. The van der Waals surface area contributed by atoms with Gasteiger partial charge < -0.3 is 30.5 Å². The third kappa shape index (κ3) is 5.99. The number of hydrogen-bond acceptors (Lipinski definition) is 8. The van der Waals surface area contributed by atoms with Crippen molar-refractivity contribution < 1.29 is 36.9 Å². The van der Waals surface area contributed by atoms with E-state index in [1.165, 1.54) is 49.6 Å². The van der Waals surface area contributed by atoms with Crippen LogP contribution in [-0.4, -0.2) is 60.0 Å². The fourth-order valence-electron chi connectivity index (χ4n) is 5.51. The lowest BCUT2D eigenvalue weighted by Gasteiger charge is -2.39. The van der Waals surface area contributed by atoms with Gasteiger partial charge in [0.2, 0.25) is 17.9 Å². The van der Waals surface area contributed by atoms with Gasteiger partial charge in [0, 0.05) is 36.8 Å². The van der Waals surface area contributed by atoms with E-state index in [0.717, 1.165) is 0 Å². The van der Waals surface area contributed by atoms with E-state index in [9.17, 15) is 27.5 Å². The SMILES string of the molecule is COc1cccc(-c2ccc([C@@H](Oc3cc(N4CCC5(CC4)CNC(C(=O)O)C5)nc(N)n3)C(F)(F)F)cc2)c1F. The van der Waals surface area contributed by atoms with Crippen molar-refractivity contribution in [3.8, 4) is 22.8 Å². The van der Waals surface area contributed by atoms with Crippen molar-refractivity contribution in [3.05, 3.63) is 59.9 Å². The Bertz CT molecular complexity index is 1410. The number of carboxylic acid groups (broad SMARTS) is 1. The van der Waals surface area contributed by atoms with E-state index in [-0.39, 0.29) is 34.1 Å². The van der Waals surface area contributed by atoms with Crippen LogP contribution in [0.15, 0.2) is 48.5 Å². The van der Waals surface area contributed by atoms with Crippen molar-refractivity contribution in [3.63, 3.8) is 0 Å². The Labute approximate surface area is 233 Å². The Balaban J connectivity index is 1.33. The zero-order valence-electron chi connectivity index (χ0n) is 22.1. The summed E-state index contributed by atoms with van der Waals surface area (Å²) in [7, 11) is 1.33. The highest BCUT2D eigenvalue weighted by Gasteiger charge is 2.45. The van der Waals surface area contributed by atoms with Gasteiger partial charge in [-0.2, -0.15) is 23.1 Å². The molecule has 1 aromatic heterocycles. The van der Waals surface area contributed by atoms with E-state index < -0.39 is 30.1 Å². The number of nitrogen functional groups attached to an aromatic ring is 1. The minimum atomic E-state index is -4.80. The summed E-state index contributed by atoms with van der Waals surface area (Å²) in [6.07, 6.45) is -5.26. The van der Waals surface area contributed by atoms with E-state index in [1.54, 1.807) is 6.07 Å². The predicted octanol–water partition coefficient (Wildman–Crippen LogP) is 4.59. The molecule has 1 spiro atoms. The number of ether oxygens (including phenoxy) is 2. The fourth-order valence-corrected chi connectivity index (χ4v) is 5.51. The molecule has 2 saturated heterocycles. The van der Waals surface area contributed by atoms with Gasteiger partial charge in [-0.25, -0.2) is 4.39 Å². The molecule has 4 N–H and O–H groups in total. The number of alkyl halides is 3. The average Bonchev–Trinajstić information content (AvgIpc) is 3.35. The zero-order chi connectivity index (χ0) is 29.4. The third-order valence-corrected chi connectivity index (χ3v) is 7.76. The maximum atomic E-state index is 14.7. The Hall–Kier alpha value is -4.13. The molecule has 3 aromatic rings. The van der Waals surface area contributed by atoms with Gasteiger partial charge in [0.15, 0.2) is 11.6 Å². The first-order valence-electron chi connectivity index (χ1n) is 13.0. The van der Waals surface area contributed by atoms with Gasteiger partial charge in [-0.15, -0.1) is 0 Å². The van der Waals surface area contributed by atoms with Gasteiger partial charge in [0.05, 0.1) is 7.11 Å². The first-order valence-corrected chi connectivity index (χ1v) is 13.0. The van der Waals surface area contributed by atoms with Gasteiger partial charge in [-0.1, -0.05) is 36.4 Å². The smallest absolute Gasteiger partial charge is 0.429 e. The summed E-state index contributed by atoms with van der Waals surface area (Å²) in [5.41, 5.74) is 6.04. The molecule has 2 aromatic carbocycles. The number of piperidine rings is 1. The van der Waals surface area contributed by atoms with Gasteiger partial charge in [-0.05, 0) is 36.3 Å². The molecule has 41 heavy (non-hydrogen) atoms. The van der Waals surface area contributed by atoms with Crippen LogP contribution in [0.1, 0.15) is 30.9 Å². The largest absolute Gasteiger partial charge is 0.494 e. The molecule has 0 radical (unpaired) electrons. The Morgan fingerprint density at radius 1 is 1.17 bits per heavy atom. The summed E-state index contributed by atoms with van der Waals surface area (Å²) in [5, 5.41) is 12.4. The number of nitrogens with one attached hydrogen (secondary N) is 1. The van der Waals surface area contributed by atoms with E-state index in [4.69, 9.17) is 15.2 Å². The molecule has 1 unspecified atom stereocenters. The van der Waals surface area contributed by atoms with Crippen molar-refractivity contribution in [2.75, 3.05) is 37.4 Å². The molecule has 0 amide bonds. The zero-order valence-corrected chi connectivity index (χ0v) is 22.1. The van der Waals surface area contributed by atoms with Crippen molar-refractivity contribution >= 4 is 17.7 Å². The molecule has 2 aliphatic rings. The van der Waals surface area contributed by atoms with Crippen LogP contribution in [0.2, 0.25) is 0 Å². The van der Waals surface area contributed by atoms with Crippen LogP contribution in [0.5, 0.6) is 11.6 Å². The molecule has 0 saturated carbocycles. The number of carboxylic acids is 1. The molecule has 9 nitrogen and oxygen atoms in total. The van der Waals surface area contributed by atoms with Gasteiger partial charge >= 0.3 is 12.1 Å². The summed E-state index contributed by atoms with van der Waals surface area (Å²) in [5.74, 6) is -1.73. The summed E-state index contributed by atoms with van der Waals surface area (Å²) < 4.78 is 67.5. The number of nitrogens with two attached hydrogens (primary N) is 1. The first-order chi connectivity index (χ1) is 19.5. The van der Waals surface area contributed by atoms with Crippen LogP contribution in [0.25, 0.3) is 11.1 Å². The number of aromatic nitrogens is 2. The van der Waals surface area contributed by atoms with Gasteiger partial charge in [0.1, 0.15) is 11.9 Å². The number of benzene rings is 2. The predicted molar refractivity (Wildman–Crippen MR) is 142 cm³/mol. The number of halogens is 4. The number of carbonyl (C=O) groups is 1. The van der Waals surface area contributed by atoms with Crippen molar-refractivity contribution in [1.29, 1.82) is 0 Å². The Morgan fingerprint density at radius 2 is 1.88 bits per heavy atom. The summed E-state index contributed by atoms with van der Waals surface area (Å²) in [4.78, 5) is 21.3. The highest BCUT2D eigenvalue weighted by molar-refractivity contribution is 5.74. The van der Waals surface area contributed by atoms with Crippen molar-refractivity contribution in [2.24, 2.45) is 5.41 Å². The van der Waals surface area contributed by atoms with Crippen LogP contribution in [0.4, 0.5) is 29.3 Å². The van der Waals surface area contributed by atoms with Crippen LogP contribution >= 0.6 is 0 Å². The topological polar surface area (TPSA) is 123 Å². The quantitative estimate of drug-likeness (QED) is 0.347. The Kier molecular flexibility index (Phi) is 7.64. The van der Waals surface area contributed by atoms with Gasteiger partial charge in [-0.3, -0.25) is 4.79 Å². The molecule has 0 bridgehead atoms. The standard InChI is InChI=1S/C28H29F4N5O4/c1-40-20-4-2-3-18(23(20)29)16-5-7-17(8-6-16)24(28(30,31)32)41-22-13-21(35-26(33)36-22)37-11-9-27(10-12-37)14-19(25(38)39)34-15-27/h2-8,13,19,24,34H,9-12,14-15H2,1H3,(H,38,39)(H2,33,35,36)/t19?,24-/m1/s1. The van der Waals surface area contributed by atoms with Gasteiger partial charge in [0.25, 0.3) is 0 Å². The van der Waals surface area contributed by atoms with Crippen molar-refractivity contribution in [1.82, 2.24) is 15.3 Å². The van der Waals surface area contributed by atoms with E-state index in [1.807, 2.05) is 4.90 Å². The first kappa shape index (κ1) is 28.4. The second-order valence-corrected chi connectivity index (χ2v) is 10.4. The minimum Gasteiger partial charge on any atom is -0.494 e. The fraction of sp³-hybridized carbons (Fsp3) is 0.393. The molecule has 2 atom stereocenters. The van der Waals surface area contributed by atoms with E-state index in [2.05, 4.69) is 15.3 Å². The molecule has 3 heterocycles. The molecule has 2 aliphatic heterocycles. The number of rotatable bonds is 7. The lowest BCUT2D eigenvalue weighted by molar-refractivity contribution is -0.198. The van der Waals surface area contributed by atoms with Crippen LogP contribution in [0.3, 0.4) is 0 Å². The second kappa shape index (κ2) is 11.0. The number of methoxy groups -OCH3 is 1. The molecular weight excluding hydrogens is 546 g/mol. The van der Waals surface area contributed by atoms with E-state index in [0.29, 0.717) is 50.3 Å². The number of aliphatic carboxylic acids is 1. The van der Waals surface area contributed by atoms with Crippen LogP contribution in [-0.2, 0) is 4.79 Å². The maximum absolute atomic E-state index is 14.7. The summed E-state index contributed by atoms with van der Waals surface area (Å²) in [6.45, 7) is 1.64. The normalized spacial score (nSPS) is 19.2. The van der Waals surface area contributed by atoms with E-state index >= 15 is 0 Å². The highest BCUT2D eigenvalue weighted by atomic mass is 19.4.